The Hall–Kier alpha value is -1.15. The van der Waals surface area contributed by atoms with Crippen molar-refractivity contribution in [2.45, 2.75) is 38.6 Å². The van der Waals surface area contributed by atoms with Crippen molar-refractivity contribution < 1.29 is 0 Å². The summed E-state index contributed by atoms with van der Waals surface area (Å²) >= 11 is 1.88. The summed E-state index contributed by atoms with van der Waals surface area (Å²) in [6.07, 6.45) is 4.99. The number of guanidine groups is 1. The van der Waals surface area contributed by atoms with Gasteiger partial charge in [0.2, 0.25) is 0 Å². The predicted octanol–water partition coefficient (Wildman–Crippen LogP) is 2.71. The maximum atomic E-state index is 4.99. The topological polar surface area (TPSA) is 46.1 Å². The summed E-state index contributed by atoms with van der Waals surface area (Å²) in [6.45, 7) is 12.1. The van der Waals surface area contributed by atoms with E-state index in [1.165, 1.54) is 63.4 Å². The third kappa shape index (κ3) is 7.22. The van der Waals surface area contributed by atoms with Gasteiger partial charge in [-0.25, -0.2) is 0 Å². The Morgan fingerprint density at radius 3 is 2.83 bits per heavy atom. The minimum absolute atomic E-state index is 0.506. The lowest BCUT2D eigenvalue weighted by Gasteiger charge is -2.38. The maximum Gasteiger partial charge on any atom is 0.191 e. The van der Waals surface area contributed by atoms with Crippen LogP contribution in [0.1, 0.15) is 43.5 Å². The number of thiophene rings is 1. The van der Waals surface area contributed by atoms with Gasteiger partial charge in [0, 0.05) is 43.6 Å². The highest BCUT2D eigenvalue weighted by Gasteiger charge is 2.31. The molecular formula is C23H42N6S. The van der Waals surface area contributed by atoms with Gasteiger partial charge < -0.3 is 20.4 Å². The van der Waals surface area contributed by atoms with Crippen LogP contribution in [0.15, 0.2) is 22.5 Å². The molecule has 0 aromatic carbocycles. The molecule has 0 saturated carbocycles. The fourth-order valence-electron chi connectivity index (χ4n) is 4.74. The molecule has 0 amide bonds. The van der Waals surface area contributed by atoms with Gasteiger partial charge in [0.15, 0.2) is 5.96 Å². The van der Waals surface area contributed by atoms with E-state index in [-0.39, 0.29) is 0 Å². The number of nitrogens with one attached hydrogen (secondary N) is 2. The zero-order valence-corrected chi connectivity index (χ0v) is 20.1. The first-order valence-electron chi connectivity index (χ1n) is 11.8. The van der Waals surface area contributed by atoms with Crippen molar-refractivity contribution in [1.82, 2.24) is 25.3 Å². The van der Waals surface area contributed by atoms with E-state index in [0.717, 1.165) is 32.0 Å². The van der Waals surface area contributed by atoms with Gasteiger partial charge in [0.05, 0.1) is 0 Å². The van der Waals surface area contributed by atoms with Gasteiger partial charge in [-0.2, -0.15) is 0 Å². The van der Waals surface area contributed by atoms with Crippen molar-refractivity contribution in [3.05, 3.63) is 22.4 Å². The Balaban J connectivity index is 1.47. The molecule has 2 aliphatic rings. The number of nitrogens with zero attached hydrogens (tertiary/aromatic N) is 4. The normalized spacial score (nSPS) is 25.2. The first-order valence-corrected chi connectivity index (χ1v) is 12.7. The molecule has 0 spiro atoms. The van der Waals surface area contributed by atoms with Crippen molar-refractivity contribution in [2.75, 3.05) is 73.0 Å². The first kappa shape index (κ1) is 23.5. The summed E-state index contributed by atoms with van der Waals surface area (Å²) in [5.74, 6) is 1.57. The highest BCUT2D eigenvalue weighted by molar-refractivity contribution is 7.10. The summed E-state index contributed by atoms with van der Waals surface area (Å²) in [7, 11) is 4.50. The van der Waals surface area contributed by atoms with Crippen molar-refractivity contribution in [2.24, 2.45) is 10.9 Å². The summed E-state index contributed by atoms with van der Waals surface area (Å²) in [6, 6.07) is 4.97. The third-order valence-electron chi connectivity index (χ3n) is 6.43. The number of hydrogen-bond acceptors (Lipinski definition) is 5. The smallest absolute Gasteiger partial charge is 0.191 e. The van der Waals surface area contributed by atoms with Crippen LogP contribution in [-0.2, 0) is 0 Å². The molecule has 0 radical (unpaired) electrons. The van der Waals surface area contributed by atoms with Crippen LogP contribution < -0.4 is 10.6 Å². The highest BCUT2D eigenvalue weighted by Crippen LogP contribution is 2.37. The van der Waals surface area contributed by atoms with Crippen LogP contribution in [0.2, 0.25) is 0 Å². The number of likely N-dealkylation sites (tertiary alicyclic amines) is 1. The minimum atomic E-state index is 0.506. The monoisotopic (exact) mass is 434 g/mol. The average Bonchev–Trinajstić information content (AvgIpc) is 3.18. The van der Waals surface area contributed by atoms with Crippen LogP contribution in [0, 0.1) is 5.92 Å². The van der Waals surface area contributed by atoms with Crippen LogP contribution >= 0.6 is 11.3 Å². The molecule has 6 nitrogen and oxygen atoms in total. The quantitative estimate of drug-likeness (QED) is 0.374. The Bertz CT molecular complexity index is 619. The molecule has 2 atom stereocenters. The van der Waals surface area contributed by atoms with Gasteiger partial charge in [-0.15, -0.1) is 11.3 Å². The molecule has 0 bridgehead atoms. The van der Waals surface area contributed by atoms with E-state index in [9.17, 15) is 0 Å². The Morgan fingerprint density at radius 2 is 2.03 bits per heavy atom. The molecule has 30 heavy (non-hydrogen) atoms. The third-order valence-corrected chi connectivity index (χ3v) is 7.37. The number of aliphatic imine (C=N–C) groups is 1. The van der Waals surface area contributed by atoms with Crippen molar-refractivity contribution >= 4 is 17.3 Å². The number of hydrogen-bond donors (Lipinski definition) is 2. The summed E-state index contributed by atoms with van der Waals surface area (Å²) in [5, 5.41) is 9.22. The molecular weight excluding hydrogens is 392 g/mol. The van der Waals surface area contributed by atoms with Crippen molar-refractivity contribution in [3.63, 3.8) is 0 Å². The standard InChI is InChI=1S/C23H42N6S/c1-4-24-23(25-11-7-14-29-15-8-12-27(2)16-17-29)26-19-20-9-5-13-28(3)22(20)21-10-6-18-30-21/h6,10,18,20,22H,4-5,7-9,11-17,19H2,1-3H3,(H2,24,25,26). The molecule has 3 rings (SSSR count). The Labute approximate surface area is 187 Å². The lowest BCUT2D eigenvalue weighted by molar-refractivity contribution is 0.128. The molecule has 2 N–H and O–H groups in total. The molecule has 2 aliphatic heterocycles. The van der Waals surface area contributed by atoms with Gasteiger partial charge in [-0.05, 0) is 90.2 Å². The van der Waals surface area contributed by atoms with Crippen LogP contribution in [0.4, 0.5) is 0 Å². The number of rotatable bonds is 8. The summed E-state index contributed by atoms with van der Waals surface area (Å²) in [4.78, 5) is 14.1. The van der Waals surface area contributed by atoms with Crippen LogP contribution in [0.3, 0.4) is 0 Å². The van der Waals surface area contributed by atoms with Gasteiger partial charge in [0.1, 0.15) is 0 Å². The summed E-state index contributed by atoms with van der Waals surface area (Å²) < 4.78 is 0. The van der Waals surface area contributed by atoms with Gasteiger partial charge in [-0.3, -0.25) is 9.89 Å². The minimum Gasteiger partial charge on any atom is -0.357 e. The number of piperidine rings is 1. The molecule has 2 fully saturated rings. The molecule has 0 aliphatic carbocycles. The Kier molecular flexibility index (Phi) is 9.91. The zero-order chi connectivity index (χ0) is 21.2. The summed E-state index contributed by atoms with van der Waals surface area (Å²) in [5.41, 5.74) is 0. The van der Waals surface area contributed by atoms with E-state index < -0.39 is 0 Å². The van der Waals surface area contributed by atoms with Gasteiger partial charge in [-0.1, -0.05) is 6.07 Å². The maximum absolute atomic E-state index is 4.99. The molecule has 7 heteroatoms. The SMILES string of the molecule is CCNC(=NCC1CCCN(C)C1c1cccs1)NCCCN1CCCN(C)CC1. The molecule has 170 valence electrons. The van der Waals surface area contributed by atoms with Gasteiger partial charge in [0.25, 0.3) is 0 Å². The Morgan fingerprint density at radius 1 is 1.13 bits per heavy atom. The molecule has 2 saturated heterocycles. The van der Waals surface area contributed by atoms with E-state index in [1.807, 2.05) is 11.3 Å². The first-order chi connectivity index (χ1) is 14.7. The van der Waals surface area contributed by atoms with Crippen molar-refractivity contribution in [3.8, 4) is 0 Å². The lowest BCUT2D eigenvalue weighted by atomic mass is 9.88. The fraction of sp³-hybridized carbons (Fsp3) is 0.783. The second kappa shape index (κ2) is 12.6. The zero-order valence-electron chi connectivity index (χ0n) is 19.3. The van der Waals surface area contributed by atoms with E-state index in [4.69, 9.17) is 4.99 Å². The second-order valence-corrected chi connectivity index (χ2v) is 9.82. The molecule has 1 aromatic rings. The van der Waals surface area contributed by atoms with Crippen LogP contribution in [0.25, 0.3) is 0 Å². The van der Waals surface area contributed by atoms with E-state index in [1.54, 1.807) is 0 Å². The predicted molar refractivity (Wildman–Crippen MR) is 130 cm³/mol. The average molecular weight is 435 g/mol. The van der Waals surface area contributed by atoms with E-state index in [2.05, 4.69) is 63.9 Å². The highest BCUT2D eigenvalue weighted by atomic mass is 32.1. The van der Waals surface area contributed by atoms with Crippen LogP contribution in [0.5, 0.6) is 0 Å². The number of likely N-dealkylation sites (N-methyl/N-ethyl adjacent to an activating group) is 1. The molecule has 2 unspecified atom stereocenters. The largest absolute Gasteiger partial charge is 0.357 e. The van der Waals surface area contributed by atoms with Crippen molar-refractivity contribution in [1.29, 1.82) is 0 Å². The lowest BCUT2D eigenvalue weighted by Crippen LogP contribution is -2.41. The molecule has 3 heterocycles. The van der Waals surface area contributed by atoms with E-state index >= 15 is 0 Å². The molecule has 1 aromatic heterocycles. The van der Waals surface area contributed by atoms with Gasteiger partial charge >= 0.3 is 0 Å². The second-order valence-electron chi connectivity index (χ2n) is 8.84. The fourth-order valence-corrected chi connectivity index (χ4v) is 5.73. The van der Waals surface area contributed by atoms with Crippen LogP contribution in [-0.4, -0.2) is 93.7 Å². The van der Waals surface area contributed by atoms with E-state index in [0.29, 0.717) is 12.0 Å².